The van der Waals surface area contributed by atoms with Crippen molar-refractivity contribution in [2.45, 2.75) is 57.6 Å². The molecule has 5 nitrogen and oxygen atoms in total. The maximum atomic E-state index is 12.5. The molecule has 128 valence electrons. The number of fused-ring (bicyclic) bond motifs is 2. The van der Waals surface area contributed by atoms with Crippen molar-refractivity contribution >= 4 is 10.9 Å². The van der Waals surface area contributed by atoms with Crippen molar-refractivity contribution in [2.75, 3.05) is 7.05 Å². The molecular weight excluding hydrogens is 302 g/mol. The van der Waals surface area contributed by atoms with Crippen LogP contribution in [0.25, 0.3) is 10.9 Å². The Morgan fingerprint density at radius 3 is 3.08 bits per heavy atom. The molecule has 4 rings (SSSR count). The minimum absolute atomic E-state index is 0.0301. The van der Waals surface area contributed by atoms with Gasteiger partial charge in [-0.05, 0) is 37.0 Å². The van der Waals surface area contributed by atoms with E-state index in [0.717, 1.165) is 42.6 Å². The fraction of sp³-hybridized carbons (Fsp3) is 0.579. The Labute approximate surface area is 142 Å². The Morgan fingerprint density at radius 1 is 1.38 bits per heavy atom. The Balaban J connectivity index is 1.71. The van der Waals surface area contributed by atoms with Gasteiger partial charge in [-0.2, -0.15) is 5.06 Å². The van der Waals surface area contributed by atoms with Gasteiger partial charge in [-0.3, -0.25) is 9.63 Å². The van der Waals surface area contributed by atoms with E-state index in [4.69, 9.17) is 4.84 Å². The number of benzene rings is 1. The zero-order valence-electron chi connectivity index (χ0n) is 14.4. The molecule has 1 saturated carbocycles. The van der Waals surface area contributed by atoms with E-state index in [1.54, 1.807) is 0 Å². The summed E-state index contributed by atoms with van der Waals surface area (Å²) in [4.78, 5) is 26.1. The van der Waals surface area contributed by atoms with Gasteiger partial charge in [-0.15, -0.1) is 0 Å². The second-order valence-corrected chi connectivity index (χ2v) is 7.12. The number of hydrogen-bond donors (Lipinski definition) is 1. The van der Waals surface area contributed by atoms with Gasteiger partial charge in [0.15, 0.2) is 0 Å². The van der Waals surface area contributed by atoms with Crippen molar-refractivity contribution in [1.29, 1.82) is 0 Å². The van der Waals surface area contributed by atoms with Crippen molar-refractivity contribution in [3.63, 3.8) is 0 Å². The number of aromatic nitrogens is 2. The molecule has 2 fully saturated rings. The van der Waals surface area contributed by atoms with Crippen molar-refractivity contribution in [2.24, 2.45) is 5.92 Å². The first-order valence-electron chi connectivity index (χ1n) is 9.10. The maximum absolute atomic E-state index is 12.5. The third-order valence-corrected chi connectivity index (χ3v) is 5.49. The monoisotopic (exact) mass is 327 g/mol. The lowest BCUT2D eigenvalue weighted by molar-refractivity contribution is -0.144. The quantitative estimate of drug-likeness (QED) is 0.935. The van der Waals surface area contributed by atoms with E-state index in [1.165, 1.54) is 12.8 Å². The average molecular weight is 327 g/mol. The van der Waals surface area contributed by atoms with Crippen LogP contribution in [0.1, 0.15) is 56.5 Å². The number of H-pyrrole nitrogens is 1. The first-order valence-corrected chi connectivity index (χ1v) is 9.10. The van der Waals surface area contributed by atoms with Crippen molar-refractivity contribution in [3.05, 3.63) is 39.9 Å². The van der Waals surface area contributed by atoms with Gasteiger partial charge >= 0.3 is 0 Å². The summed E-state index contributed by atoms with van der Waals surface area (Å²) in [5, 5.41) is 2.66. The van der Waals surface area contributed by atoms with Gasteiger partial charge in [0.1, 0.15) is 5.82 Å². The summed E-state index contributed by atoms with van der Waals surface area (Å²) in [6, 6.07) is 6.35. The smallest absolute Gasteiger partial charge is 0.258 e. The minimum Gasteiger partial charge on any atom is -0.310 e. The van der Waals surface area contributed by atoms with Crippen LogP contribution in [0.2, 0.25) is 0 Å². The third-order valence-electron chi connectivity index (χ3n) is 5.49. The van der Waals surface area contributed by atoms with E-state index in [0.29, 0.717) is 17.4 Å². The number of rotatable bonds is 4. The van der Waals surface area contributed by atoms with Crippen LogP contribution in [-0.2, 0) is 11.3 Å². The van der Waals surface area contributed by atoms with Gasteiger partial charge < -0.3 is 4.98 Å². The molecule has 1 N–H and O–H groups in total. The molecule has 1 saturated heterocycles. The predicted molar refractivity (Wildman–Crippen MR) is 93.7 cm³/mol. The Morgan fingerprint density at radius 2 is 2.25 bits per heavy atom. The molecule has 0 unspecified atom stereocenters. The van der Waals surface area contributed by atoms with Crippen LogP contribution >= 0.6 is 0 Å². The number of aromatic amines is 1. The lowest BCUT2D eigenvalue weighted by Gasteiger charge is -2.22. The van der Waals surface area contributed by atoms with Crippen LogP contribution in [0.4, 0.5) is 0 Å². The molecule has 0 spiro atoms. The summed E-state index contributed by atoms with van der Waals surface area (Å²) >= 11 is 0. The number of unbranched alkanes of at least 4 members (excludes halogenated alkanes) is 1. The zero-order chi connectivity index (χ0) is 16.7. The second-order valence-electron chi connectivity index (χ2n) is 7.12. The summed E-state index contributed by atoms with van der Waals surface area (Å²) in [5.74, 6) is 1.32. The molecule has 0 bridgehead atoms. The molecule has 5 heteroatoms. The SMILES string of the molecule is CCCCc1nc2ccc([C@@H]3[C@H]4CCC[C@H]4ON3C)cc2c(=O)[nH]1. The molecule has 24 heavy (non-hydrogen) atoms. The number of nitrogens with one attached hydrogen (secondary N) is 1. The highest BCUT2D eigenvalue weighted by Crippen LogP contribution is 2.46. The first-order chi connectivity index (χ1) is 11.7. The average Bonchev–Trinajstić information content (AvgIpc) is 3.13. The van der Waals surface area contributed by atoms with Gasteiger partial charge in [0.25, 0.3) is 5.56 Å². The summed E-state index contributed by atoms with van der Waals surface area (Å²) in [7, 11) is 2.00. The van der Waals surface area contributed by atoms with Crippen LogP contribution in [0.15, 0.2) is 23.0 Å². The van der Waals surface area contributed by atoms with Gasteiger partial charge in [0.2, 0.25) is 0 Å². The van der Waals surface area contributed by atoms with Gasteiger partial charge in [0, 0.05) is 19.4 Å². The van der Waals surface area contributed by atoms with Gasteiger partial charge in [0.05, 0.1) is 23.0 Å². The molecule has 0 radical (unpaired) electrons. The lowest BCUT2D eigenvalue weighted by atomic mass is 9.90. The largest absolute Gasteiger partial charge is 0.310 e. The topological polar surface area (TPSA) is 58.2 Å². The molecular formula is C19H25N3O2. The molecule has 3 atom stereocenters. The van der Waals surface area contributed by atoms with Crippen LogP contribution in [0.3, 0.4) is 0 Å². The van der Waals surface area contributed by atoms with E-state index in [2.05, 4.69) is 23.0 Å². The molecule has 1 aliphatic heterocycles. The highest BCUT2D eigenvalue weighted by Gasteiger charge is 2.44. The van der Waals surface area contributed by atoms with Gasteiger partial charge in [-0.25, -0.2) is 4.98 Å². The van der Waals surface area contributed by atoms with Crippen LogP contribution in [-0.4, -0.2) is 28.2 Å². The third kappa shape index (κ3) is 2.66. The highest BCUT2D eigenvalue weighted by atomic mass is 16.7. The zero-order valence-corrected chi connectivity index (χ0v) is 14.4. The summed E-state index contributed by atoms with van der Waals surface area (Å²) < 4.78 is 0. The molecule has 1 aromatic heterocycles. The highest BCUT2D eigenvalue weighted by molar-refractivity contribution is 5.78. The number of aryl methyl sites for hydroxylation is 1. The second kappa shape index (κ2) is 6.30. The van der Waals surface area contributed by atoms with E-state index in [9.17, 15) is 4.79 Å². The van der Waals surface area contributed by atoms with Crippen LogP contribution in [0, 0.1) is 5.92 Å². The molecule has 1 aromatic carbocycles. The summed E-state index contributed by atoms with van der Waals surface area (Å²) in [6.07, 6.45) is 6.87. The predicted octanol–water partition coefficient (Wildman–Crippen LogP) is 3.35. The number of hydroxylamine groups is 2. The van der Waals surface area contributed by atoms with E-state index >= 15 is 0 Å². The summed E-state index contributed by atoms with van der Waals surface area (Å²) in [5.41, 5.74) is 1.92. The maximum Gasteiger partial charge on any atom is 0.258 e. The molecule has 2 heterocycles. The first kappa shape index (κ1) is 15.8. The molecule has 2 aromatic rings. The van der Waals surface area contributed by atoms with Crippen molar-refractivity contribution in [3.8, 4) is 0 Å². The van der Waals surface area contributed by atoms with Crippen LogP contribution < -0.4 is 5.56 Å². The standard InChI is InChI=1S/C19H25N3O2/c1-3-4-8-17-20-15-10-9-12(11-14(15)19(23)21-17)18-13-6-5-7-16(13)24-22(18)2/h9-11,13,16,18H,3-8H2,1-2H3,(H,20,21,23)/t13-,16+,18+/m0/s1. The van der Waals surface area contributed by atoms with E-state index < -0.39 is 0 Å². The normalized spacial score (nSPS) is 27.0. The fourth-order valence-corrected chi connectivity index (χ4v) is 4.30. The van der Waals surface area contributed by atoms with Crippen LogP contribution in [0.5, 0.6) is 0 Å². The Kier molecular flexibility index (Phi) is 4.14. The van der Waals surface area contributed by atoms with Crippen molar-refractivity contribution in [1.82, 2.24) is 15.0 Å². The Bertz CT molecular complexity index is 801. The summed E-state index contributed by atoms with van der Waals surface area (Å²) in [6.45, 7) is 2.14. The molecule has 2 aliphatic rings. The van der Waals surface area contributed by atoms with E-state index in [-0.39, 0.29) is 11.6 Å². The molecule has 1 aliphatic carbocycles. The van der Waals surface area contributed by atoms with E-state index in [1.807, 2.05) is 24.2 Å². The fourth-order valence-electron chi connectivity index (χ4n) is 4.30. The molecule has 0 amide bonds. The lowest BCUT2D eigenvalue weighted by Crippen LogP contribution is -2.21. The van der Waals surface area contributed by atoms with Gasteiger partial charge in [-0.1, -0.05) is 25.8 Å². The van der Waals surface area contributed by atoms with Crippen molar-refractivity contribution < 1.29 is 4.84 Å². The Hall–Kier alpha value is -1.72. The minimum atomic E-state index is -0.0301. The number of nitrogens with zero attached hydrogens (tertiary/aromatic N) is 2. The number of hydrogen-bond acceptors (Lipinski definition) is 4.